The number of nitrogens with zero attached hydrogens (tertiary/aromatic N) is 5. The predicted octanol–water partition coefficient (Wildman–Crippen LogP) is 3.51. The van der Waals surface area contributed by atoms with E-state index in [1.54, 1.807) is 28.0 Å². The van der Waals surface area contributed by atoms with Gasteiger partial charge in [-0.25, -0.2) is 9.97 Å². The summed E-state index contributed by atoms with van der Waals surface area (Å²) in [4.78, 5) is 36.9. The second kappa shape index (κ2) is 8.58. The average Bonchev–Trinajstić information content (AvgIpc) is 3.44. The summed E-state index contributed by atoms with van der Waals surface area (Å²) in [5.74, 6) is 0.511. The number of amides is 2. The Bertz CT molecular complexity index is 1060. The molecule has 1 atom stereocenters. The number of nitrogens with one attached hydrogen (secondary N) is 1. The van der Waals surface area contributed by atoms with Gasteiger partial charge >= 0.3 is 0 Å². The van der Waals surface area contributed by atoms with Crippen LogP contribution in [0.3, 0.4) is 0 Å². The molecule has 1 aliphatic rings. The fourth-order valence-corrected chi connectivity index (χ4v) is 4.24. The number of hydrogen-bond donors (Lipinski definition) is 1. The zero-order valence-corrected chi connectivity index (χ0v) is 18.7. The van der Waals surface area contributed by atoms with Gasteiger partial charge in [-0.15, -0.1) is 11.3 Å². The minimum Gasteiger partial charge on any atom is -0.337 e. The highest BCUT2D eigenvalue weighted by atomic mass is 32.1. The smallest absolute Gasteiger partial charge is 0.263 e. The first kappa shape index (κ1) is 21.2. The van der Waals surface area contributed by atoms with Crippen molar-refractivity contribution in [2.45, 2.75) is 39.0 Å². The summed E-state index contributed by atoms with van der Waals surface area (Å²) in [6.45, 7) is 7.26. The van der Waals surface area contributed by atoms with E-state index in [9.17, 15) is 9.59 Å². The van der Waals surface area contributed by atoms with E-state index in [2.05, 4.69) is 41.2 Å². The molecule has 3 aromatic rings. The highest BCUT2D eigenvalue weighted by molar-refractivity contribution is 7.12. The van der Waals surface area contributed by atoms with Crippen molar-refractivity contribution in [1.82, 2.24) is 24.6 Å². The van der Waals surface area contributed by atoms with Gasteiger partial charge in [0.25, 0.3) is 11.9 Å². The van der Waals surface area contributed by atoms with E-state index in [0.29, 0.717) is 29.7 Å². The van der Waals surface area contributed by atoms with Crippen LogP contribution in [-0.4, -0.2) is 49.6 Å². The molecule has 1 unspecified atom stereocenters. The average molecular weight is 439 g/mol. The van der Waals surface area contributed by atoms with Crippen LogP contribution in [0.25, 0.3) is 5.95 Å². The third kappa shape index (κ3) is 4.66. The number of likely N-dealkylation sites (tertiary alicyclic amines) is 1. The van der Waals surface area contributed by atoms with Crippen LogP contribution in [-0.2, 0) is 10.2 Å². The van der Waals surface area contributed by atoms with Crippen molar-refractivity contribution in [3.63, 3.8) is 0 Å². The number of piperidine rings is 1. The minimum absolute atomic E-state index is 0.00903. The fraction of sp³-hybridized carbons (Fsp3) is 0.409. The van der Waals surface area contributed by atoms with Crippen LogP contribution in [0.15, 0.2) is 42.0 Å². The maximum absolute atomic E-state index is 13.1. The summed E-state index contributed by atoms with van der Waals surface area (Å²) >= 11 is 1.42. The summed E-state index contributed by atoms with van der Waals surface area (Å²) in [5, 5.41) is 9.54. The lowest BCUT2D eigenvalue weighted by atomic mass is 9.92. The van der Waals surface area contributed by atoms with Crippen LogP contribution in [0.1, 0.15) is 49.0 Å². The Morgan fingerprint density at radius 3 is 2.65 bits per heavy atom. The summed E-state index contributed by atoms with van der Waals surface area (Å²) in [5.41, 5.74) is 0.627. The van der Waals surface area contributed by atoms with Crippen molar-refractivity contribution >= 4 is 29.0 Å². The number of thiophene rings is 1. The van der Waals surface area contributed by atoms with E-state index in [0.717, 1.165) is 18.5 Å². The maximum Gasteiger partial charge on any atom is 0.263 e. The number of anilines is 1. The molecule has 31 heavy (non-hydrogen) atoms. The molecular formula is C22H26N6O2S. The Hall–Kier alpha value is -3.07. The summed E-state index contributed by atoms with van der Waals surface area (Å²) in [6, 6.07) is 7.29. The monoisotopic (exact) mass is 438 g/mol. The number of hydrogen-bond acceptors (Lipinski definition) is 6. The van der Waals surface area contributed by atoms with Gasteiger partial charge in [-0.2, -0.15) is 9.78 Å². The topological polar surface area (TPSA) is 93.0 Å². The highest BCUT2D eigenvalue weighted by Crippen LogP contribution is 2.27. The van der Waals surface area contributed by atoms with Gasteiger partial charge in [0.1, 0.15) is 5.82 Å². The second-order valence-electron chi connectivity index (χ2n) is 8.68. The van der Waals surface area contributed by atoms with Gasteiger partial charge in [-0.05, 0) is 30.4 Å². The molecule has 1 aliphatic heterocycles. The Labute approximate surface area is 185 Å². The molecular weight excluding hydrogens is 412 g/mol. The maximum atomic E-state index is 13.1. The molecule has 162 valence electrons. The van der Waals surface area contributed by atoms with Crippen LogP contribution >= 0.6 is 11.3 Å². The van der Waals surface area contributed by atoms with Crippen molar-refractivity contribution in [1.29, 1.82) is 0 Å². The highest BCUT2D eigenvalue weighted by Gasteiger charge is 2.30. The normalized spacial score (nSPS) is 16.9. The molecule has 0 bridgehead atoms. The van der Waals surface area contributed by atoms with E-state index < -0.39 is 0 Å². The largest absolute Gasteiger partial charge is 0.337 e. The van der Waals surface area contributed by atoms with Crippen LogP contribution in [0.2, 0.25) is 0 Å². The van der Waals surface area contributed by atoms with Gasteiger partial charge in [-0.3, -0.25) is 9.59 Å². The van der Waals surface area contributed by atoms with E-state index in [1.165, 1.54) is 11.3 Å². The molecule has 0 aliphatic carbocycles. The standard InChI is InChI=1S/C22H26N6O2S/c1-22(2,3)17-13-18(28(26-17)21-23-9-6-10-24-21)25-19(29)15-7-4-11-27(14-15)20(30)16-8-5-12-31-16/h5-6,8-10,12-13,15H,4,7,11,14H2,1-3H3,(H,25,29). The van der Waals surface area contributed by atoms with Gasteiger partial charge in [-0.1, -0.05) is 26.8 Å². The molecule has 4 heterocycles. The lowest BCUT2D eigenvalue weighted by Crippen LogP contribution is -2.43. The molecule has 0 spiro atoms. The number of carbonyl (C=O) groups is 2. The van der Waals surface area contributed by atoms with E-state index in [1.807, 2.05) is 23.6 Å². The van der Waals surface area contributed by atoms with E-state index in [4.69, 9.17) is 0 Å². The SMILES string of the molecule is CC(C)(C)c1cc(NC(=O)C2CCCN(C(=O)c3cccs3)C2)n(-c2ncccn2)n1. The number of carbonyl (C=O) groups excluding carboxylic acids is 2. The van der Waals surface area contributed by atoms with Gasteiger partial charge in [0.15, 0.2) is 0 Å². The zero-order valence-electron chi connectivity index (χ0n) is 17.9. The first-order valence-corrected chi connectivity index (χ1v) is 11.2. The Kier molecular flexibility index (Phi) is 5.86. The molecule has 0 aromatic carbocycles. The third-order valence-corrected chi connectivity index (χ3v) is 6.14. The molecule has 3 aromatic heterocycles. The van der Waals surface area contributed by atoms with Crippen LogP contribution in [0.4, 0.5) is 5.82 Å². The summed E-state index contributed by atoms with van der Waals surface area (Å²) in [6.07, 6.45) is 4.81. The molecule has 4 rings (SSSR count). The van der Waals surface area contributed by atoms with Gasteiger partial charge < -0.3 is 10.2 Å². The Balaban J connectivity index is 1.54. The molecule has 1 fully saturated rings. The molecule has 9 heteroatoms. The molecule has 1 N–H and O–H groups in total. The molecule has 2 amide bonds. The van der Waals surface area contributed by atoms with Gasteiger partial charge in [0, 0.05) is 37.0 Å². The fourth-order valence-electron chi connectivity index (χ4n) is 3.55. The van der Waals surface area contributed by atoms with Crippen molar-refractivity contribution in [3.8, 4) is 5.95 Å². The van der Waals surface area contributed by atoms with Crippen molar-refractivity contribution in [2.75, 3.05) is 18.4 Å². The Morgan fingerprint density at radius 1 is 1.19 bits per heavy atom. The molecule has 1 saturated heterocycles. The van der Waals surface area contributed by atoms with Gasteiger partial charge in [0.2, 0.25) is 5.91 Å². The van der Waals surface area contributed by atoms with Crippen LogP contribution in [0.5, 0.6) is 0 Å². The van der Waals surface area contributed by atoms with Crippen molar-refractivity contribution < 1.29 is 9.59 Å². The molecule has 0 radical (unpaired) electrons. The van der Waals surface area contributed by atoms with Crippen LogP contribution in [0, 0.1) is 5.92 Å². The van der Waals surface area contributed by atoms with Crippen LogP contribution < -0.4 is 5.32 Å². The molecule has 0 saturated carbocycles. The van der Waals surface area contributed by atoms with Crippen molar-refractivity contribution in [3.05, 3.63) is 52.6 Å². The zero-order chi connectivity index (χ0) is 22.0. The van der Waals surface area contributed by atoms with E-state index >= 15 is 0 Å². The lowest BCUT2D eigenvalue weighted by Gasteiger charge is -2.31. The third-order valence-electron chi connectivity index (χ3n) is 5.28. The van der Waals surface area contributed by atoms with Crippen molar-refractivity contribution in [2.24, 2.45) is 5.92 Å². The quantitative estimate of drug-likeness (QED) is 0.673. The molecule has 8 nitrogen and oxygen atoms in total. The first-order chi connectivity index (χ1) is 14.8. The minimum atomic E-state index is -0.282. The second-order valence-corrected chi connectivity index (χ2v) is 9.63. The van der Waals surface area contributed by atoms with Gasteiger partial charge in [0.05, 0.1) is 16.5 Å². The Morgan fingerprint density at radius 2 is 1.97 bits per heavy atom. The lowest BCUT2D eigenvalue weighted by molar-refractivity contribution is -0.121. The first-order valence-electron chi connectivity index (χ1n) is 10.3. The summed E-state index contributed by atoms with van der Waals surface area (Å²) < 4.78 is 1.57. The summed E-state index contributed by atoms with van der Waals surface area (Å²) in [7, 11) is 0. The number of aromatic nitrogens is 4. The number of rotatable bonds is 4. The van der Waals surface area contributed by atoms with E-state index in [-0.39, 0.29) is 23.1 Å². The predicted molar refractivity (Wildman–Crippen MR) is 119 cm³/mol.